The lowest BCUT2D eigenvalue weighted by Gasteiger charge is -2.06. The summed E-state index contributed by atoms with van der Waals surface area (Å²) in [6, 6.07) is 4.90. The first kappa shape index (κ1) is 14.9. The molecular formula is C15H16N4O4. The zero-order chi connectivity index (χ0) is 16.6. The number of H-pyrrole nitrogens is 2. The van der Waals surface area contributed by atoms with E-state index in [0.29, 0.717) is 23.3 Å². The predicted molar refractivity (Wildman–Crippen MR) is 84.6 cm³/mol. The average molecular weight is 316 g/mol. The van der Waals surface area contributed by atoms with Crippen LogP contribution >= 0.6 is 0 Å². The van der Waals surface area contributed by atoms with Crippen molar-refractivity contribution in [2.45, 2.75) is 26.8 Å². The number of aromatic nitrogens is 3. The first-order valence-corrected chi connectivity index (χ1v) is 7.13. The molecule has 0 bridgehead atoms. The molecule has 1 aromatic carbocycles. The second-order valence-corrected chi connectivity index (χ2v) is 5.32. The third-order valence-corrected chi connectivity index (χ3v) is 3.75. The van der Waals surface area contributed by atoms with E-state index in [0.717, 1.165) is 11.4 Å². The van der Waals surface area contributed by atoms with Gasteiger partial charge in [0.25, 0.3) is 0 Å². The van der Waals surface area contributed by atoms with Crippen LogP contribution in [0.15, 0.2) is 32.2 Å². The number of hydrogen-bond acceptors (Lipinski definition) is 4. The summed E-state index contributed by atoms with van der Waals surface area (Å²) in [4.78, 5) is 40.1. The van der Waals surface area contributed by atoms with E-state index < -0.39 is 5.76 Å². The summed E-state index contributed by atoms with van der Waals surface area (Å²) < 4.78 is 6.47. The van der Waals surface area contributed by atoms with E-state index in [-0.39, 0.29) is 18.0 Å². The van der Waals surface area contributed by atoms with Crippen LogP contribution < -0.4 is 16.8 Å². The molecule has 0 spiro atoms. The molecule has 8 nitrogen and oxygen atoms in total. The second kappa shape index (κ2) is 5.64. The van der Waals surface area contributed by atoms with Gasteiger partial charge in [0.05, 0.1) is 5.52 Å². The SMILES string of the molecule is Cc1[nH]c(=O)n(CCC(=O)Nc2ccc3[nH]c(=O)oc3c2)c1C. The van der Waals surface area contributed by atoms with Gasteiger partial charge >= 0.3 is 11.4 Å². The van der Waals surface area contributed by atoms with Gasteiger partial charge in [0.1, 0.15) is 0 Å². The minimum Gasteiger partial charge on any atom is -0.408 e. The Bertz CT molecular complexity index is 989. The fraction of sp³-hybridized carbons (Fsp3) is 0.267. The molecule has 0 aliphatic heterocycles. The van der Waals surface area contributed by atoms with E-state index in [1.54, 1.807) is 18.2 Å². The number of hydrogen-bond donors (Lipinski definition) is 3. The fourth-order valence-electron chi connectivity index (χ4n) is 2.40. The Morgan fingerprint density at radius 3 is 2.74 bits per heavy atom. The maximum Gasteiger partial charge on any atom is 0.417 e. The quantitative estimate of drug-likeness (QED) is 0.672. The number of amides is 1. The molecule has 23 heavy (non-hydrogen) atoms. The van der Waals surface area contributed by atoms with Crippen LogP contribution in [0.4, 0.5) is 5.69 Å². The number of nitrogens with one attached hydrogen (secondary N) is 3. The topological polar surface area (TPSA) is 113 Å². The summed E-state index contributed by atoms with van der Waals surface area (Å²) in [6.45, 7) is 3.93. The molecule has 3 N–H and O–H groups in total. The van der Waals surface area contributed by atoms with E-state index >= 15 is 0 Å². The molecule has 3 aromatic rings. The zero-order valence-corrected chi connectivity index (χ0v) is 12.7. The van der Waals surface area contributed by atoms with Gasteiger partial charge in [-0.05, 0) is 26.0 Å². The van der Waals surface area contributed by atoms with Crippen molar-refractivity contribution in [1.82, 2.24) is 14.5 Å². The van der Waals surface area contributed by atoms with Gasteiger partial charge in [-0.25, -0.2) is 9.59 Å². The minimum absolute atomic E-state index is 0.160. The summed E-state index contributed by atoms with van der Waals surface area (Å²) >= 11 is 0. The molecule has 0 saturated heterocycles. The summed E-state index contributed by atoms with van der Waals surface area (Å²) in [5.74, 6) is -0.770. The Balaban J connectivity index is 1.68. The molecule has 0 aliphatic carbocycles. The van der Waals surface area contributed by atoms with Crippen molar-refractivity contribution in [2.75, 3.05) is 5.32 Å². The molecule has 0 aliphatic rings. The molecular weight excluding hydrogens is 300 g/mol. The summed E-state index contributed by atoms with van der Waals surface area (Å²) in [5.41, 5.74) is 2.86. The Labute approximate surface area is 130 Å². The number of carbonyl (C=O) groups excluding carboxylic acids is 1. The molecule has 0 fully saturated rings. The van der Waals surface area contributed by atoms with Crippen molar-refractivity contribution in [2.24, 2.45) is 0 Å². The van der Waals surface area contributed by atoms with Gasteiger partial charge in [0, 0.05) is 36.1 Å². The van der Waals surface area contributed by atoms with E-state index in [9.17, 15) is 14.4 Å². The number of carbonyl (C=O) groups is 1. The fourth-order valence-corrected chi connectivity index (χ4v) is 2.40. The molecule has 0 unspecified atom stereocenters. The molecule has 2 aromatic heterocycles. The Morgan fingerprint density at radius 1 is 1.26 bits per heavy atom. The predicted octanol–water partition coefficient (Wildman–Crippen LogP) is 1.26. The molecule has 2 heterocycles. The zero-order valence-electron chi connectivity index (χ0n) is 12.7. The number of aryl methyl sites for hydroxylation is 1. The second-order valence-electron chi connectivity index (χ2n) is 5.32. The largest absolute Gasteiger partial charge is 0.417 e. The normalized spacial score (nSPS) is 11.0. The maximum atomic E-state index is 12.0. The van der Waals surface area contributed by atoms with Gasteiger partial charge in [-0.2, -0.15) is 0 Å². The van der Waals surface area contributed by atoms with Crippen molar-refractivity contribution in [1.29, 1.82) is 0 Å². The van der Waals surface area contributed by atoms with E-state index in [1.807, 2.05) is 13.8 Å². The van der Waals surface area contributed by atoms with Gasteiger partial charge in [-0.1, -0.05) is 0 Å². The monoisotopic (exact) mass is 316 g/mol. The van der Waals surface area contributed by atoms with Gasteiger partial charge in [-0.3, -0.25) is 14.3 Å². The van der Waals surface area contributed by atoms with Crippen molar-refractivity contribution < 1.29 is 9.21 Å². The number of benzene rings is 1. The molecule has 8 heteroatoms. The molecule has 0 saturated carbocycles. The Morgan fingerprint density at radius 2 is 2.04 bits per heavy atom. The summed E-state index contributed by atoms with van der Waals surface area (Å²) in [7, 11) is 0. The van der Waals surface area contributed by atoms with E-state index in [4.69, 9.17) is 4.42 Å². The number of rotatable bonds is 4. The highest BCUT2D eigenvalue weighted by Crippen LogP contribution is 2.16. The van der Waals surface area contributed by atoms with Crippen LogP contribution in [-0.4, -0.2) is 20.4 Å². The van der Waals surface area contributed by atoms with Gasteiger partial charge in [0.2, 0.25) is 5.91 Å². The van der Waals surface area contributed by atoms with Gasteiger partial charge in [-0.15, -0.1) is 0 Å². The number of anilines is 1. The van der Waals surface area contributed by atoms with Crippen molar-refractivity contribution >= 4 is 22.7 Å². The number of nitrogens with zero attached hydrogens (tertiary/aromatic N) is 1. The van der Waals surface area contributed by atoms with Crippen molar-refractivity contribution in [3.63, 3.8) is 0 Å². The standard InChI is InChI=1S/C15H16N4O4/c1-8-9(2)19(14(21)16-8)6-5-13(20)17-10-3-4-11-12(7-10)23-15(22)18-11/h3-4,7H,5-6H2,1-2H3,(H,16,21)(H,17,20)(H,18,22). The highest BCUT2D eigenvalue weighted by molar-refractivity contribution is 5.92. The first-order chi connectivity index (χ1) is 10.9. The highest BCUT2D eigenvalue weighted by Gasteiger charge is 2.10. The van der Waals surface area contributed by atoms with E-state index in [1.165, 1.54) is 4.57 Å². The third-order valence-electron chi connectivity index (χ3n) is 3.75. The van der Waals surface area contributed by atoms with Crippen LogP contribution in [0.5, 0.6) is 0 Å². The van der Waals surface area contributed by atoms with Crippen molar-refractivity contribution in [3.8, 4) is 0 Å². The van der Waals surface area contributed by atoms with Crippen LogP contribution in [0.3, 0.4) is 0 Å². The van der Waals surface area contributed by atoms with Crippen molar-refractivity contribution in [3.05, 3.63) is 50.6 Å². The smallest absolute Gasteiger partial charge is 0.408 e. The number of fused-ring (bicyclic) bond motifs is 1. The Hall–Kier alpha value is -3.03. The summed E-state index contributed by atoms with van der Waals surface area (Å²) in [6.07, 6.45) is 0.160. The van der Waals surface area contributed by atoms with Crippen LogP contribution in [0.2, 0.25) is 0 Å². The first-order valence-electron chi connectivity index (χ1n) is 7.13. The lowest BCUT2D eigenvalue weighted by Crippen LogP contribution is -2.22. The molecule has 1 amide bonds. The van der Waals surface area contributed by atoms with Crippen LogP contribution in [0.1, 0.15) is 17.8 Å². The number of aromatic amines is 2. The third kappa shape index (κ3) is 2.96. The lowest BCUT2D eigenvalue weighted by atomic mass is 10.2. The molecule has 0 radical (unpaired) electrons. The molecule has 120 valence electrons. The Kier molecular flexibility index (Phi) is 3.65. The number of oxazole rings is 1. The highest BCUT2D eigenvalue weighted by atomic mass is 16.4. The number of imidazole rings is 1. The molecule has 0 atom stereocenters. The maximum absolute atomic E-state index is 12.0. The van der Waals surface area contributed by atoms with Crippen LogP contribution in [0, 0.1) is 13.8 Å². The van der Waals surface area contributed by atoms with Gasteiger partial charge in [0.15, 0.2) is 5.58 Å². The van der Waals surface area contributed by atoms with Gasteiger partial charge < -0.3 is 14.7 Å². The molecule has 3 rings (SSSR count). The average Bonchev–Trinajstić information content (AvgIpc) is 2.96. The summed E-state index contributed by atoms with van der Waals surface area (Å²) in [5, 5.41) is 2.72. The lowest BCUT2D eigenvalue weighted by molar-refractivity contribution is -0.116. The van der Waals surface area contributed by atoms with Crippen LogP contribution in [-0.2, 0) is 11.3 Å². The van der Waals surface area contributed by atoms with Crippen LogP contribution in [0.25, 0.3) is 11.1 Å². The minimum atomic E-state index is -0.541. The van der Waals surface area contributed by atoms with E-state index in [2.05, 4.69) is 15.3 Å².